The van der Waals surface area contributed by atoms with Crippen molar-refractivity contribution in [1.82, 2.24) is 14.9 Å². The number of nitrogens with one attached hydrogen (secondary N) is 2. The van der Waals surface area contributed by atoms with Crippen LogP contribution in [0.3, 0.4) is 0 Å². The van der Waals surface area contributed by atoms with E-state index < -0.39 is 10.0 Å². The van der Waals surface area contributed by atoms with E-state index in [1.807, 2.05) is 0 Å². The highest BCUT2D eigenvalue weighted by molar-refractivity contribution is 7.89. The molecule has 6 heteroatoms. The minimum absolute atomic E-state index is 0.0763. The molecule has 1 aromatic heterocycles. The van der Waals surface area contributed by atoms with Gasteiger partial charge in [0.2, 0.25) is 10.0 Å². The molecule has 5 nitrogen and oxygen atoms in total. The van der Waals surface area contributed by atoms with Crippen molar-refractivity contribution in [2.45, 2.75) is 63.3 Å². The Balaban J connectivity index is 1.94. The highest BCUT2D eigenvalue weighted by Crippen LogP contribution is 2.28. The van der Waals surface area contributed by atoms with Crippen molar-refractivity contribution < 1.29 is 8.42 Å². The lowest BCUT2D eigenvalue weighted by Crippen LogP contribution is -2.37. The molecule has 1 aromatic rings. The SMILES string of the molecule is CCCC1CCC(NS(=O)(=O)c2cn[nH]c2C)CC1. The second-order valence-electron chi connectivity index (χ2n) is 5.49. The first-order chi connectivity index (χ1) is 9.03. The molecule has 1 aliphatic carbocycles. The maximum atomic E-state index is 12.2. The monoisotopic (exact) mass is 285 g/mol. The standard InChI is InChI=1S/C13H23N3O2S/c1-3-4-11-5-7-12(8-6-11)16-19(17,18)13-9-14-15-10(13)2/h9,11-12,16H,3-8H2,1-2H3,(H,14,15). The second kappa shape index (κ2) is 6.05. The molecule has 0 atom stereocenters. The van der Waals surface area contributed by atoms with Gasteiger partial charge in [0.25, 0.3) is 0 Å². The Kier molecular flexibility index (Phi) is 4.62. The van der Waals surface area contributed by atoms with E-state index in [0.29, 0.717) is 5.69 Å². The predicted octanol–water partition coefficient (Wildman–Crippen LogP) is 2.36. The van der Waals surface area contributed by atoms with Crippen molar-refractivity contribution in [2.24, 2.45) is 5.92 Å². The van der Waals surface area contributed by atoms with Crippen LogP contribution in [0.5, 0.6) is 0 Å². The lowest BCUT2D eigenvalue weighted by Gasteiger charge is -2.28. The van der Waals surface area contributed by atoms with Crippen LogP contribution in [0.1, 0.15) is 51.1 Å². The minimum Gasteiger partial charge on any atom is -0.281 e. The van der Waals surface area contributed by atoms with E-state index >= 15 is 0 Å². The highest BCUT2D eigenvalue weighted by atomic mass is 32.2. The number of aromatic amines is 1. The molecule has 108 valence electrons. The van der Waals surface area contributed by atoms with Crippen LogP contribution >= 0.6 is 0 Å². The molecule has 2 rings (SSSR count). The predicted molar refractivity (Wildman–Crippen MR) is 74.3 cm³/mol. The third-order valence-electron chi connectivity index (χ3n) is 3.94. The molecule has 0 amide bonds. The molecule has 2 N–H and O–H groups in total. The first-order valence-electron chi connectivity index (χ1n) is 7.05. The van der Waals surface area contributed by atoms with Crippen molar-refractivity contribution >= 4 is 10.0 Å². The Morgan fingerprint density at radius 2 is 2.05 bits per heavy atom. The van der Waals surface area contributed by atoms with Gasteiger partial charge in [-0.05, 0) is 38.5 Å². The summed E-state index contributed by atoms with van der Waals surface area (Å²) in [6.45, 7) is 3.93. The van der Waals surface area contributed by atoms with E-state index in [4.69, 9.17) is 0 Å². The average Bonchev–Trinajstić information content (AvgIpc) is 2.79. The fraction of sp³-hybridized carbons (Fsp3) is 0.769. The number of hydrogen-bond acceptors (Lipinski definition) is 3. The van der Waals surface area contributed by atoms with Crippen molar-refractivity contribution in [3.8, 4) is 0 Å². The summed E-state index contributed by atoms with van der Waals surface area (Å²) in [5, 5.41) is 6.44. The molecule has 0 bridgehead atoms. The average molecular weight is 285 g/mol. The van der Waals surface area contributed by atoms with Crippen LogP contribution in [0.15, 0.2) is 11.1 Å². The topological polar surface area (TPSA) is 74.8 Å². The zero-order valence-electron chi connectivity index (χ0n) is 11.6. The fourth-order valence-corrected chi connectivity index (χ4v) is 4.31. The quantitative estimate of drug-likeness (QED) is 0.872. The van der Waals surface area contributed by atoms with Gasteiger partial charge in [-0.25, -0.2) is 13.1 Å². The molecule has 1 aliphatic rings. The van der Waals surface area contributed by atoms with Crippen LogP contribution in [0, 0.1) is 12.8 Å². The largest absolute Gasteiger partial charge is 0.281 e. The zero-order valence-corrected chi connectivity index (χ0v) is 12.5. The summed E-state index contributed by atoms with van der Waals surface area (Å²) < 4.78 is 27.3. The Hall–Kier alpha value is -0.880. The lowest BCUT2D eigenvalue weighted by atomic mass is 9.84. The first-order valence-corrected chi connectivity index (χ1v) is 8.53. The number of nitrogens with zero attached hydrogens (tertiary/aromatic N) is 1. The number of H-pyrrole nitrogens is 1. The van der Waals surface area contributed by atoms with Crippen molar-refractivity contribution in [3.05, 3.63) is 11.9 Å². The summed E-state index contributed by atoms with van der Waals surface area (Å²) in [6.07, 6.45) is 8.01. The van der Waals surface area contributed by atoms with Gasteiger partial charge in [0.15, 0.2) is 0 Å². The summed E-state index contributed by atoms with van der Waals surface area (Å²) in [4.78, 5) is 0.267. The van der Waals surface area contributed by atoms with Gasteiger partial charge in [-0.3, -0.25) is 5.10 Å². The number of aromatic nitrogens is 2. The summed E-state index contributed by atoms with van der Waals surface area (Å²) in [5.74, 6) is 0.779. The fourth-order valence-electron chi connectivity index (χ4n) is 2.87. The van der Waals surface area contributed by atoms with Gasteiger partial charge in [0.05, 0.1) is 11.9 Å². The van der Waals surface area contributed by atoms with Gasteiger partial charge in [-0.1, -0.05) is 19.8 Å². The molecule has 1 heterocycles. The van der Waals surface area contributed by atoms with Crippen LogP contribution < -0.4 is 4.72 Å². The van der Waals surface area contributed by atoms with E-state index in [9.17, 15) is 8.42 Å². The maximum Gasteiger partial charge on any atom is 0.244 e. The number of hydrogen-bond donors (Lipinski definition) is 2. The summed E-state index contributed by atoms with van der Waals surface area (Å²) in [5.41, 5.74) is 0.590. The molecule has 0 aromatic carbocycles. The van der Waals surface area contributed by atoms with E-state index in [2.05, 4.69) is 21.8 Å². The third-order valence-corrected chi connectivity index (χ3v) is 5.57. The van der Waals surface area contributed by atoms with Gasteiger partial charge in [0, 0.05) is 6.04 Å². The highest BCUT2D eigenvalue weighted by Gasteiger charge is 2.26. The molecule has 19 heavy (non-hydrogen) atoms. The van der Waals surface area contributed by atoms with E-state index in [-0.39, 0.29) is 10.9 Å². The molecule has 0 spiro atoms. The van der Waals surface area contributed by atoms with Gasteiger partial charge in [-0.2, -0.15) is 5.10 Å². The molecular weight excluding hydrogens is 262 g/mol. The van der Waals surface area contributed by atoms with Gasteiger partial charge in [0.1, 0.15) is 4.90 Å². The van der Waals surface area contributed by atoms with Gasteiger partial charge < -0.3 is 0 Å². The Bertz CT molecular complexity index is 502. The van der Waals surface area contributed by atoms with Crippen LogP contribution in [-0.4, -0.2) is 24.7 Å². The Labute approximate surface area is 115 Å². The van der Waals surface area contributed by atoms with Crippen molar-refractivity contribution in [1.29, 1.82) is 0 Å². The number of rotatable bonds is 5. The summed E-state index contributed by atoms with van der Waals surface area (Å²) in [7, 11) is -3.42. The second-order valence-corrected chi connectivity index (χ2v) is 7.17. The lowest BCUT2D eigenvalue weighted by molar-refractivity contribution is 0.297. The van der Waals surface area contributed by atoms with Crippen molar-refractivity contribution in [2.75, 3.05) is 0 Å². The molecule has 1 saturated carbocycles. The number of aryl methyl sites for hydroxylation is 1. The van der Waals surface area contributed by atoms with E-state index in [1.54, 1.807) is 6.92 Å². The summed E-state index contributed by atoms with van der Waals surface area (Å²) in [6, 6.07) is 0.0763. The first kappa shape index (κ1) is 14.5. The minimum atomic E-state index is -3.42. The van der Waals surface area contributed by atoms with Crippen LogP contribution in [-0.2, 0) is 10.0 Å². The van der Waals surface area contributed by atoms with Crippen LogP contribution in [0.4, 0.5) is 0 Å². The molecule has 0 radical (unpaired) electrons. The van der Waals surface area contributed by atoms with Gasteiger partial charge >= 0.3 is 0 Å². The molecular formula is C13H23N3O2S. The van der Waals surface area contributed by atoms with E-state index in [1.165, 1.54) is 19.0 Å². The molecule has 0 saturated heterocycles. The van der Waals surface area contributed by atoms with E-state index in [0.717, 1.165) is 31.6 Å². The maximum absolute atomic E-state index is 12.2. The molecule has 0 unspecified atom stereocenters. The number of sulfonamides is 1. The zero-order chi connectivity index (χ0) is 13.9. The Morgan fingerprint density at radius 3 is 2.58 bits per heavy atom. The van der Waals surface area contributed by atoms with Crippen molar-refractivity contribution in [3.63, 3.8) is 0 Å². The molecule has 1 fully saturated rings. The van der Waals surface area contributed by atoms with Crippen LogP contribution in [0.25, 0.3) is 0 Å². The normalized spacial score (nSPS) is 24.5. The van der Waals surface area contributed by atoms with Gasteiger partial charge in [-0.15, -0.1) is 0 Å². The Morgan fingerprint density at radius 1 is 1.37 bits per heavy atom. The summed E-state index contributed by atoms with van der Waals surface area (Å²) >= 11 is 0. The molecule has 0 aliphatic heterocycles. The smallest absolute Gasteiger partial charge is 0.244 e. The van der Waals surface area contributed by atoms with Crippen LogP contribution in [0.2, 0.25) is 0 Å². The third kappa shape index (κ3) is 3.57.